The van der Waals surface area contributed by atoms with Crippen LogP contribution in [0.2, 0.25) is 0 Å². The second kappa shape index (κ2) is 8.50. The first kappa shape index (κ1) is 23.7. The summed E-state index contributed by atoms with van der Waals surface area (Å²) in [5.74, 6) is 0.268. The lowest BCUT2D eigenvalue weighted by atomic mass is 9.72. The molecule has 200 valence electrons. The van der Waals surface area contributed by atoms with Crippen LogP contribution >= 0.6 is 0 Å². The molecule has 0 saturated carbocycles. The van der Waals surface area contributed by atoms with Crippen LogP contribution in [0.5, 0.6) is 0 Å². The average Bonchev–Trinajstić information content (AvgIpc) is 3.51. The van der Waals surface area contributed by atoms with Crippen LogP contribution in [0.15, 0.2) is 126 Å². The summed E-state index contributed by atoms with van der Waals surface area (Å²) >= 11 is 0. The maximum absolute atomic E-state index is 6.07. The summed E-state index contributed by atoms with van der Waals surface area (Å²) in [5, 5.41) is 4.76. The maximum atomic E-state index is 6.07. The monoisotopic (exact) mass is 540 g/mol. The third-order valence-electron chi connectivity index (χ3n) is 9.61. The van der Waals surface area contributed by atoms with Crippen molar-refractivity contribution in [2.75, 3.05) is 0 Å². The summed E-state index contributed by atoms with van der Waals surface area (Å²) in [7, 11) is 0. The molecule has 42 heavy (non-hydrogen) atoms. The molecule has 1 unspecified atom stereocenters. The fraction of sp³-hybridized carbons (Fsp3) is 0.128. The van der Waals surface area contributed by atoms with Crippen molar-refractivity contribution in [2.45, 2.75) is 25.7 Å². The number of aromatic nitrogens is 2. The van der Waals surface area contributed by atoms with Gasteiger partial charge in [0.2, 0.25) is 5.71 Å². The number of hydrogen-bond acceptors (Lipinski definition) is 3. The fourth-order valence-corrected chi connectivity index (χ4v) is 7.62. The number of benzene rings is 3. The molecule has 0 saturated heterocycles. The first-order valence-electron chi connectivity index (χ1n) is 14.7. The number of rotatable bonds is 2. The van der Waals surface area contributed by atoms with Gasteiger partial charge in [-0.05, 0) is 103 Å². The fourth-order valence-electron chi connectivity index (χ4n) is 7.62. The van der Waals surface area contributed by atoms with Crippen molar-refractivity contribution >= 4 is 33.2 Å². The van der Waals surface area contributed by atoms with E-state index in [1.54, 1.807) is 6.20 Å². The van der Waals surface area contributed by atoms with Gasteiger partial charge in [-0.1, -0.05) is 74.5 Å². The van der Waals surface area contributed by atoms with Crippen molar-refractivity contribution in [1.29, 1.82) is 0 Å². The predicted octanol–water partition coefficient (Wildman–Crippen LogP) is 7.60. The van der Waals surface area contributed by atoms with Crippen LogP contribution in [0.25, 0.3) is 44.3 Å². The highest BCUT2D eigenvalue weighted by Gasteiger charge is 2.37. The van der Waals surface area contributed by atoms with Gasteiger partial charge in [-0.2, -0.15) is 0 Å². The van der Waals surface area contributed by atoms with Gasteiger partial charge in [0.05, 0.1) is 0 Å². The molecule has 0 amide bonds. The number of allylic oxidation sites excluding steroid dienone is 4. The minimum atomic E-state index is -0.0935. The highest BCUT2D eigenvalue weighted by Crippen LogP contribution is 2.50. The quantitative estimate of drug-likeness (QED) is 0.227. The van der Waals surface area contributed by atoms with E-state index >= 15 is 0 Å². The zero-order chi connectivity index (χ0) is 28.0. The number of pyridine rings is 2. The first-order chi connectivity index (χ1) is 20.6. The van der Waals surface area contributed by atoms with Crippen molar-refractivity contribution in [3.63, 3.8) is 0 Å². The third-order valence-corrected chi connectivity index (χ3v) is 9.61. The molecule has 3 nitrogen and oxygen atoms in total. The van der Waals surface area contributed by atoms with E-state index in [1.807, 2.05) is 18.5 Å². The van der Waals surface area contributed by atoms with Gasteiger partial charge in [-0.3, -0.25) is 4.98 Å². The Morgan fingerprint density at radius 2 is 1.64 bits per heavy atom. The molecule has 0 bridgehead atoms. The SMILES string of the molecule is CC1(C)c2cnccc2-c2ccc(C3=c4ccccc4=C(c4ccc5oc6ncccc6c5c4)C4=CC=CCC43)cc21. The van der Waals surface area contributed by atoms with E-state index in [0.717, 1.165) is 22.8 Å². The molecule has 1 atom stereocenters. The molecule has 3 aliphatic rings. The molecule has 6 aromatic rings. The molecule has 9 rings (SSSR count). The van der Waals surface area contributed by atoms with Crippen molar-refractivity contribution in [2.24, 2.45) is 5.92 Å². The number of hydrogen-bond donors (Lipinski definition) is 0. The van der Waals surface area contributed by atoms with E-state index in [9.17, 15) is 0 Å². The lowest BCUT2D eigenvalue weighted by Gasteiger charge is -2.31. The van der Waals surface area contributed by atoms with Gasteiger partial charge < -0.3 is 4.42 Å². The molecule has 0 fully saturated rings. The molecule has 3 heteroatoms. The lowest BCUT2D eigenvalue weighted by Crippen LogP contribution is -2.37. The van der Waals surface area contributed by atoms with E-state index in [0.29, 0.717) is 5.71 Å². The van der Waals surface area contributed by atoms with Gasteiger partial charge in [-0.15, -0.1) is 0 Å². The van der Waals surface area contributed by atoms with Crippen LogP contribution in [0, 0.1) is 5.92 Å². The van der Waals surface area contributed by atoms with Crippen LogP contribution in [0.4, 0.5) is 0 Å². The summed E-state index contributed by atoms with van der Waals surface area (Å²) in [6.07, 6.45) is 13.6. The summed E-state index contributed by atoms with van der Waals surface area (Å²) in [6, 6.07) is 28.9. The molecule has 0 radical (unpaired) electrons. The Labute approximate surface area is 243 Å². The second-order valence-corrected chi connectivity index (χ2v) is 12.1. The molecular weight excluding hydrogens is 512 g/mol. The van der Waals surface area contributed by atoms with Gasteiger partial charge in [-0.25, -0.2) is 4.98 Å². The highest BCUT2D eigenvalue weighted by molar-refractivity contribution is 6.05. The molecule has 3 aromatic heterocycles. The normalized spacial score (nSPS) is 18.0. The average molecular weight is 541 g/mol. The first-order valence-corrected chi connectivity index (χ1v) is 14.7. The third kappa shape index (κ3) is 3.16. The minimum Gasteiger partial charge on any atom is -0.438 e. The minimum absolute atomic E-state index is 0.0935. The largest absolute Gasteiger partial charge is 0.438 e. The van der Waals surface area contributed by atoms with E-state index in [-0.39, 0.29) is 11.3 Å². The van der Waals surface area contributed by atoms with Crippen LogP contribution in [-0.4, -0.2) is 9.97 Å². The van der Waals surface area contributed by atoms with Crippen molar-refractivity contribution < 1.29 is 4.42 Å². The number of furan rings is 1. The molecule has 0 spiro atoms. The Balaban J connectivity index is 1.33. The van der Waals surface area contributed by atoms with Crippen molar-refractivity contribution in [3.05, 3.63) is 154 Å². The Bertz CT molecular complexity index is 2310. The van der Waals surface area contributed by atoms with Crippen LogP contribution < -0.4 is 10.4 Å². The van der Waals surface area contributed by atoms with Gasteiger partial charge in [0, 0.05) is 40.7 Å². The van der Waals surface area contributed by atoms with E-state index in [1.165, 1.54) is 60.5 Å². The molecule has 0 aliphatic heterocycles. The van der Waals surface area contributed by atoms with E-state index in [2.05, 4.69) is 115 Å². The molecule has 3 heterocycles. The van der Waals surface area contributed by atoms with Crippen LogP contribution in [-0.2, 0) is 5.41 Å². The zero-order valence-electron chi connectivity index (χ0n) is 23.6. The summed E-state index contributed by atoms with van der Waals surface area (Å²) in [4.78, 5) is 8.92. The number of fused-ring (bicyclic) bond motifs is 8. The Hall–Kier alpha value is -5.02. The van der Waals surface area contributed by atoms with Crippen molar-refractivity contribution in [1.82, 2.24) is 9.97 Å². The Kier molecular flexibility index (Phi) is 4.79. The van der Waals surface area contributed by atoms with Crippen molar-refractivity contribution in [3.8, 4) is 11.1 Å². The summed E-state index contributed by atoms with van der Waals surface area (Å²) in [6.45, 7) is 4.66. The smallest absolute Gasteiger partial charge is 0.227 e. The van der Waals surface area contributed by atoms with Crippen LogP contribution in [0.3, 0.4) is 0 Å². The second-order valence-electron chi connectivity index (χ2n) is 12.1. The van der Waals surface area contributed by atoms with E-state index in [4.69, 9.17) is 4.42 Å². The molecule has 3 aromatic carbocycles. The standard InChI is InChI=1S/C39H28N2O/c1-39(2)33-21-24(13-15-25(33)26-17-19-40-22-34(26)39)37-29-10-5-3-8-27(29)36(28-9-4-6-11-30(28)37)23-14-16-35-32(20-23)31-12-7-18-41-38(31)42-35/h3-10,12-22,30H,11H2,1-2H3. The predicted molar refractivity (Wildman–Crippen MR) is 169 cm³/mol. The highest BCUT2D eigenvalue weighted by atomic mass is 16.3. The molecule has 3 aliphatic carbocycles. The van der Waals surface area contributed by atoms with Crippen LogP contribution in [0.1, 0.15) is 42.5 Å². The topological polar surface area (TPSA) is 38.9 Å². The summed E-state index contributed by atoms with van der Waals surface area (Å²) in [5.41, 5.74) is 13.4. The molecule has 0 N–H and O–H groups in total. The lowest BCUT2D eigenvalue weighted by molar-refractivity contribution is 0.654. The Morgan fingerprint density at radius 1 is 0.786 bits per heavy atom. The Morgan fingerprint density at radius 3 is 2.57 bits per heavy atom. The van der Waals surface area contributed by atoms with E-state index < -0.39 is 0 Å². The number of nitrogens with zero attached hydrogens (tertiary/aromatic N) is 2. The van der Waals surface area contributed by atoms with Gasteiger partial charge >= 0.3 is 0 Å². The maximum Gasteiger partial charge on any atom is 0.227 e. The molecular formula is C39H28N2O. The van der Waals surface area contributed by atoms with Gasteiger partial charge in [0.15, 0.2) is 0 Å². The van der Waals surface area contributed by atoms with Gasteiger partial charge in [0.25, 0.3) is 0 Å². The summed E-state index contributed by atoms with van der Waals surface area (Å²) < 4.78 is 6.07. The van der Waals surface area contributed by atoms with Gasteiger partial charge in [0.1, 0.15) is 5.58 Å². The zero-order valence-corrected chi connectivity index (χ0v) is 23.6.